The van der Waals surface area contributed by atoms with Gasteiger partial charge in [-0.2, -0.15) is 4.31 Å². The lowest BCUT2D eigenvalue weighted by Gasteiger charge is -2.33. The van der Waals surface area contributed by atoms with Crippen LogP contribution < -0.4 is 0 Å². The van der Waals surface area contributed by atoms with Crippen molar-refractivity contribution in [2.24, 2.45) is 0 Å². The average Bonchev–Trinajstić information content (AvgIpc) is 3.00. The molecular weight excluding hydrogens is 338 g/mol. The van der Waals surface area contributed by atoms with E-state index in [9.17, 15) is 8.42 Å². The van der Waals surface area contributed by atoms with Gasteiger partial charge in [-0.3, -0.25) is 4.90 Å². The fraction of sp³-hybridized carbons (Fsp3) is 0.500. The average molecular weight is 363 g/mol. The molecule has 136 valence electrons. The molecular formula is C18H25N3O3S. The van der Waals surface area contributed by atoms with Crippen LogP contribution in [0.3, 0.4) is 0 Å². The Morgan fingerprint density at radius 1 is 1.12 bits per heavy atom. The maximum Gasteiger partial charge on any atom is 0.243 e. The second-order valence-electron chi connectivity index (χ2n) is 6.83. The van der Waals surface area contributed by atoms with E-state index in [1.807, 2.05) is 25.1 Å². The number of sulfonamides is 1. The third-order valence-corrected chi connectivity index (χ3v) is 6.49. The zero-order valence-corrected chi connectivity index (χ0v) is 15.8. The van der Waals surface area contributed by atoms with Crippen molar-refractivity contribution < 1.29 is 12.9 Å². The number of aryl methyl sites for hydroxylation is 1. The normalized spacial score (nSPS) is 17.3. The molecule has 1 aliphatic rings. The minimum atomic E-state index is -3.42. The van der Waals surface area contributed by atoms with Crippen LogP contribution in [0.1, 0.15) is 36.8 Å². The summed E-state index contributed by atoms with van der Waals surface area (Å²) in [5.41, 5.74) is 2.03. The lowest BCUT2D eigenvalue weighted by atomic mass is 10.0. The Balaban J connectivity index is 1.62. The molecule has 7 heteroatoms. The highest BCUT2D eigenvalue weighted by molar-refractivity contribution is 7.89. The first-order valence-corrected chi connectivity index (χ1v) is 10.0. The minimum Gasteiger partial charge on any atom is -0.361 e. The zero-order valence-electron chi connectivity index (χ0n) is 15.0. The van der Waals surface area contributed by atoms with E-state index in [4.69, 9.17) is 4.52 Å². The molecule has 1 saturated heterocycles. The molecule has 6 nitrogen and oxygen atoms in total. The second kappa shape index (κ2) is 7.27. The van der Waals surface area contributed by atoms with E-state index in [0.29, 0.717) is 43.5 Å². The van der Waals surface area contributed by atoms with Gasteiger partial charge >= 0.3 is 0 Å². The maximum atomic E-state index is 12.8. The van der Waals surface area contributed by atoms with E-state index in [0.717, 1.165) is 17.0 Å². The molecule has 1 aromatic carbocycles. The lowest BCUT2D eigenvalue weighted by Crippen LogP contribution is -2.48. The van der Waals surface area contributed by atoms with Crippen molar-refractivity contribution in [1.29, 1.82) is 0 Å². The summed E-state index contributed by atoms with van der Waals surface area (Å²) in [6.07, 6.45) is 0. The van der Waals surface area contributed by atoms with Gasteiger partial charge in [-0.25, -0.2) is 8.42 Å². The first kappa shape index (κ1) is 18.1. The Labute approximate surface area is 149 Å². The number of hydrogen-bond acceptors (Lipinski definition) is 5. The van der Waals surface area contributed by atoms with Gasteiger partial charge in [0.1, 0.15) is 5.76 Å². The third-order valence-electron chi connectivity index (χ3n) is 4.58. The fourth-order valence-corrected chi connectivity index (χ4v) is 4.45. The van der Waals surface area contributed by atoms with E-state index in [1.54, 1.807) is 16.4 Å². The molecule has 2 aromatic rings. The standard InChI is InChI=1S/C18H25N3O3S/c1-14(2)16-4-6-18(7-5-16)25(22,23)21-10-8-20(9-11-21)13-17-12-15(3)24-19-17/h4-7,12,14H,8-11,13H2,1-3H3. The quantitative estimate of drug-likeness (QED) is 0.817. The van der Waals surface area contributed by atoms with Gasteiger partial charge in [0.05, 0.1) is 10.6 Å². The maximum absolute atomic E-state index is 12.8. The molecule has 1 aliphatic heterocycles. The zero-order chi connectivity index (χ0) is 18.0. The van der Waals surface area contributed by atoms with Crippen LogP contribution >= 0.6 is 0 Å². The monoisotopic (exact) mass is 363 g/mol. The van der Waals surface area contributed by atoms with Crippen molar-refractivity contribution in [3.63, 3.8) is 0 Å². The highest BCUT2D eigenvalue weighted by Crippen LogP contribution is 2.21. The van der Waals surface area contributed by atoms with Gasteiger partial charge in [0.25, 0.3) is 0 Å². The van der Waals surface area contributed by atoms with Gasteiger partial charge in [-0.05, 0) is 30.5 Å². The van der Waals surface area contributed by atoms with E-state index >= 15 is 0 Å². The molecule has 0 atom stereocenters. The van der Waals surface area contributed by atoms with Crippen LogP contribution in [-0.2, 0) is 16.6 Å². The van der Waals surface area contributed by atoms with Crippen molar-refractivity contribution in [1.82, 2.24) is 14.4 Å². The Morgan fingerprint density at radius 3 is 2.28 bits per heavy atom. The molecule has 0 saturated carbocycles. The minimum absolute atomic E-state index is 0.373. The summed E-state index contributed by atoms with van der Waals surface area (Å²) < 4.78 is 32.3. The van der Waals surface area contributed by atoms with Gasteiger partial charge in [0, 0.05) is 38.8 Å². The van der Waals surface area contributed by atoms with Crippen molar-refractivity contribution in [2.45, 2.75) is 38.1 Å². The smallest absolute Gasteiger partial charge is 0.243 e. The van der Waals surface area contributed by atoms with Gasteiger partial charge in [-0.1, -0.05) is 31.1 Å². The van der Waals surface area contributed by atoms with Crippen LogP contribution in [0.2, 0.25) is 0 Å². The molecule has 25 heavy (non-hydrogen) atoms. The Kier molecular flexibility index (Phi) is 5.27. The number of benzene rings is 1. The summed E-state index contributed by atoms with van der Waals surface area (Å²) in [4.78, 5) is 2.57. The van der Waals surface area contributed by atoms with E-state index in [2.05, 4.69) is 23.9 Å². The number of nitrogens with zero attached hydrogens (tertiary/aromatic N) is 3. The van der Waals surface area contributed by atoms with Crippen molar-refractivity contribution >= 4 is 10.0 Å². The van der Waals surface area contributed by atoms with Gasteiger partial charge in [0.15, 0.2) is 0 Å². The molecule has 0 unspecified atom stereocenters. The summed E-state index contributed by atoms with van der Waals surface area (Å²) in [7, 11) is -3.42. The summed E-state index contributed by atoms with van der Waals surface area (Å²) >= 11 is 0. The Bertz CT molecular complexity index is 804. The molecule has 0 amide bonds. The van der Waals surface area contributed by atoms with Gasteiger partial charge in [0.2, 0.25) is 10.0 Å². The van der Waals surface area contributed by atoms with Crippen LogP contribution in [0.4, 0.5) is 0 Å². The third kappa shape index (κ3) is 4.11. The predicted molar refractivity (Wildman–Crippen MR) is 95.8 cm³/mol. The van der Waals surface area contributed by atoms with Crippen LogP contribution in [0, 0.1) is 6.92 Å². The van der Waals surface area contributed by atoms with Gasteiger partial charge in [-0.15, -0.1) is 0 Å². The van der Waals surface area contributed by atoms with Crippen LogP contribution in [-0.4, -0.2) is 49.0 Å². The number of aromatic nitrogens is 1. The molecule has 0 bridgehead atoms. The largest absolute Gasteiger partial charge is 0.361 e. The predicted octanol–water partition coefficient (Wildman–Crippen LogP) is 2.61. The van der Waals surface area contributed by atoms with Crippen LogP contribution in [0.5, 0.6) is 0 Å². The molecule has 0 spiro atoms. The first-order chi connectivity index (χ1) is 11.9. The number of piperazine rings is 1. The molecule has 1 fully saturated rings. The number of hydrogen-bond donors (Lipinski definition) is 0. The highest BCUT2D eigenvalue weighted by atomic mass is 32.2. The van der Waals surface area contributed by atoms with Crippen molar-refractivity contribution in [3.8, 4) is 0 Å². The summed E-state index contributed by atoms with van der Waals surface area (Å²) in [5.74, 6) is 1.18. The molecule has 1 aromatic heterocycles. The first-order valence-electron chi connectivity index (χ1n) is 8.61. The summed E-state index contributed by atoms with van der Waals surface area (Å²) in [6, 6.07) is 9.16. The highest BCUT2D eigenvalue weighted by Gasteiger charge is 2.28. The lowest BCUT2D eigenvalue weighted by molar-refractivity contribution is 0.177. The van der Waals surface area contributed by atoms with E-state index in [-0.39, 0.29) is 0 Å². The molecule has 0 N–H and O–H groups in total. The SMILES string of the molecule is Cc1cc(CN2CCN(S(=O)(=O)c3ccc(C(C)C)cc3)CC2)no1. The molecule has 2 heterocycles. The Morgan fingerprint density at radius 2 is 1.76 bits per heavy atom. The fourth-order valence-electron chi connectivity index (χ4n) is 3.02. The molecule has 3 rings (SSSR count). The van der Waals surface area contributed by atoms with Crippen molar-refractivity contribution in [3.05, 3.63) is 47.3 Å². The topological polar surface area (TPSA) is 66.7 Å². The van der Waals surface area contributed by atoms with E-state index in [1.165, 1.54) is 0 Å². The summed E-state index contributed by atoms with van der Waals surface area (Å²) in [6.45, 7) is 9.11. The van der Waals surface area contributed by atoms with Crippen LogP contribution in [0.25, 0.3) is 0 Å². The van der Waals surface area contributed by atoms with E-state index < -0.39 is 10.0 Å². The summed E-state index contributed by atoms with van der Waals surface area (Å²) in [5, 5.41) is 4.00. The second-order valence-corrected chi connectivity index (χ2v) is 8.77. The van der Waals surface area contributed by atoms with Crippen molar-refractivity contribution in [2.75, 3.05) is 26.2 Å². The number of rotatable bonds is 5. The van der Waals surface area contributed by atoms with Crippen LogP contribution in [0.15, 0.2) is 39.8 Å². The molecule has 0 aliphatic carbocycles. The Hall–Kier alpha value is -1.70. The molecule has 0 radical (unpaired) electrons. The van der Waals surface area contributed by atoms with Gasteiger partial charge < -0.3 is 4.52 Å².